The van der Waals surface area contributed by atoms with Gasteiger partial charge in [0.2, 0.25) is 0 Å². The van der Waals surface area contributed by atoms with Crippen molar-refractivity contribution in [3.63, 3.8) is 0 Å². The quantitative estimate of drug-likeness (QED) is 0.857. The van der Waals surface area contributed by atoms with Crippen molar-refractivity contribution >= 4 is 0 Å². The summed E-state index contributed by atoms with van der Waals surface area (Å²) in [7, 11) is 2.19. The van der Waals surface area contributed by atoms with Gasteiger partial charge in [-0.3, -0.25) is 4.98 Å². The van der Waals surface area contributed by atoms with Gasteiger partial charge in [0.05, 0.1) is 5.69 Å². The molecule has 0 aromatic carbocycles. The van der Waals surface area contributed by atoms with Crippen LogP contribution in [0.1, 0.15) is 18.3 Å². The smallest absolute Gasteiger partial charge is 0.0547 e. The van der Waals surface area contributed by atoms with Crippen LogP contribution in [0.25, 0.3) is 0 Å². The molecular weight excluding hydrogens is 210 g/mol. The van der Waals surface area contributed by atoms with Crippen molar-refractivity contribution in [3.05, 3.63) is 29.6 Å². The number of rotatable bonds is 4. The highest BCUT2D eigenvalue weighted by Crippen LogP contribution is 2.17. The number of pyridine rings is 1. The van der Waals surface area contributed by atoms with Crippen molar-refractivity contribution in [2.45, 2.75) is 20.4 Å². The van der Waals surface area contributed by atoms with Crippen molar-refractivity contribution in [2.24, 2.45) is 11.8 Å². The highest BCUT2D eigenvalue weighted by atomic mass is 15.1. The Morgan fingerprint density at radius 3 is 2.88 bits per heavy atom. The minimum atomic E-state index is 0.782. The minimum Gasteiger partial charge on any atom is -0.316 e. The summed E-state index contributed by atoms with van der Waals surface area (Å²) in [4.78, 5) is 6.93. The molecule has 1 aliphatic heterocycles. The first-order valence-electron chi connectivity index (χ1n) is 6.47. The van der Waals surface area contributed by atoms with Crippen molar-refractivity contribution in [3.8, 4) is 0 Å². The van der Waals surface area contributed by atoms with Gasteiger partial charge in [-0.15, -0.1) is 0 Å². The number of nitrogens with zero attached hydrogens (tertiary/aromatic N) is 2. The lowest BCUT2D eigenvalue weighted by molar-refractivity contribution is 0.250. The van der Waals surface area contributed by atoms with Gasteiger partial charge in [-0.1, -0.05) is 13.0 Å². The summed E-state index contributed by atoms with van der Waals surface area (Å²) < 4.78 is 0. The van der Waals surface area contributed by atoms with Crippen LogP contribution in [0.15, 0.2) is 18.2 Å². The SMILES string of the molecule is Cc1cccc(CN(C)CC2CNCC2C)n1. The van der Waals surface area contributed by atoms with E-state index in [1.165, 1.54) is 12.2 Å². The molecule has 1 aliphatic rings. The molecular formula is C14H23N3. The second-order valence-electron chi connectivity index (χ2n) is 5.36. The van der Waals surface area contributed by atoms with Crippen molar-refractivity contribution in [1.82, 2.24) is 15.2 Å². The Hall–Kier alpha value is -0.930. The van der Waals surface area contributed by atoms with Crippen molar-refractivity contribution in [2.75, 3.05) is 26.7 Å². The zero-order valence-corrected chi connectivity index (χ0v) is 11.1. The molecule has 3 heteroatoms. The third-order valence-electron chi connectivity index (χ3n) is 3.60. The normalized spacial score (nSPS) is 24.5. The Kier molecular flexibility index (Phi) is 4.13. The largest absolute Gasteiger partial charge is 0.316 e. The third kappa shape index (κ3) is 3.51. The second-order valence-corrected chi connectivity index (χ2v) is 5.36. The maximum Gasteiger partial charge on any atom is 0.0547 e. The molecule has 2 unspecified atom stereocenters. The van der Waals surface area contributed by atoms with Gasteiger partial charge < -0.3 is 10.2 Å². The van der Waals surface area contributed by atoms with E-state index in [1.54, 1.807) is 0 Å². The van der Waals surface area contributed by atoms with E-state index >= 15 is 0 Å². The first kappa shape index (κ1) is 12.5. The maximum atomic E-state index is 4.55. The summed E-state index contributed by atoms with van der Waals surface area (Å²) in [6, 6.07) is 6.25. The van der Waals surface area contributed by atoms with Gasteiger partial charge in [-0.05, 0) is 51.0 Å². The molecule has 1 fully saturated rings. The Balaban J connectivity index is 1.86. The number of hydrogen-bond donors (Lipinski definition) is 1. The molecule has 17 heavy (non-hydrogen) atoms. The highest BCUT2D eigenvalue weighted by Gasteiger charge is 2.23. The Morgan fingerprint density at radius 1 is 1.41 bits per heavy atom. The lowest BCUT2D eigenvalue weighted by atomic mass is 9.98. The predicted molar refractivity (Wildman–Crippen MR) is 70.8 cm³/mol. The van der Waals surface area contributed by atoms with Crippen LogP contribution in [0.5, 0.6) is 0 Å². The average molecular weight is 233 g/mol. The molecule has 0 aliphatic carbocycles. The molecule has 1 aromatic heterocycles. The number of aromatic nitrogens is 1. The molecule has 0 bridgehead atoms. The molecule has 2 heterocycles. The summed E-state index contributed by atoms with van der Waals surface area (Å²) in [6.07, 6.45) is 0. The van der Waals surface area contributed by atoms with Gasteiger partial charge in [0.25, 0.3) is 0 Å². The number of hydrogen-bond acceptors (Lipinski definition) is 3. The molecule has 1 aromatic rings. The summed E-state index contributed by atoms with van der Waals surface area (Å²) in [5.74, 6) is 1.58. The summed E-state index contributed by atoms with van der Waals surface area (Å²) in [6.45, 7) is 8.82. The van der Waals surface area contributed by atoms with E-state index < -0.39 is 0 Å². The summed E-state index contributed by atoms with van der Waals surface area (Å²) in [5.41, 5.74) is 2.28. The van der Waals surface area contributed by atoms with Crippen LogP contribution in [0.4, 0.5) is 0 Å². The number of aryl methyl sites for hydroxylation is 1. The van der Waals surface area contributed by atoms with Gasteiger partial charge in [0.1, 0.15) is 0 Å². The predicted octanol–water partition coefficient (Wildman–Crippen LogP) is 1.68. The van der Waals surface area contributed by atoms with E-state index in [4.69, 9.17) is 0 Å². The van der Waals surface area contributed by atoms with Crippen LogP contribution in [0.2, 0.25) is 0 Å². The average Bonchev–Trinajstić information content (AvgIpc) is 2.64. The molecule has 0 saturated carbocycles. The molecule has 1 N–H and O–H groups in total. The van der Waals surface area contributed by atoms with Gasteiger partial charge >= 0.3 is 0 Å². The zero-order valence-electron chi connectivity index (χ0n) is 11.1. The van der Waals surface area contributed by atoms with Crippen LogP contribution in [0.3, 0.4) is 0 Å². The number of nitrogens with one attached hydrogen (secondary N) is 1. The van der Waals surface area contributed by atoms with Crippen LogP contribution < -0.4 is 5.32 Å². The van der Waals surface area contributed by atoms with Gasteiger partial charge in [-0.25, -0.2) is 0 Å². The minimum absolute atomic E-state index is 0.782. The highest BCUT2D eigenvalue weighted by molar-refractivity contribution is 5.09. The third-order valence-corrected chi connectivity index (χ3v) is 3.60. The van der Waals surface area contributed by atoms with E-state index in [0.29, 0.717) is 0 Å². The van der Waals surface area contributed by atoms with Crippen LogP contribution in [0, 0.1) is 18.8 Å². The first-order valence-corrected chi connectivity index (χ1v) is 6.47. The van der Waals surface area contributed by atoms with Gasteiger partial charge in [-0.2, -0.15) is 0 Å². The molecule has 0 radical (unpaired) electrons. The lowest BCUT2D eigenvalue weighted by Gasteiger charge is -2.22. The Labute approximate surface area is 104 Å². The van der Waals surface area contributed by atoms with E-state index in [1.807, 2.05) is 13.0 Å². The monoisotopic (exact) mass is 233 g/mol. The fourth-order valence-corrected chi connectivity index (χ4v) is 2.54. The summed E-state index contributed by atoms with van der Waals surface area (Å²) in [5, 5.41) is 3.46. The maximum absolute atomic E-state index is 4.55. The van der Waals surface area contributed by atoms with Gasteiger partial charge in [0, 0.05) is 18.8 Å². The fourth-order valence-electron chi connectivity index (χ4n) is 2.54. The van der Waals surface area contributed by atoms with Crippen molar-refractivity contribution in [1.29, 1.82) is 0 Å². The standard InChI is InChI=1S/C14H23N3/c1-11-7-15-8-13(11)9-17(3)10-14-6-4-5-12(2)16-14/h4-6,11,13,15H,7-10H2,1-3H3. The Bertz CT molecular complexity index is 364. The molecule has 2 atom stereocenters. The molecule has 94 valence electrons. The van der Waals surface area contributed by atoms with E-state index in [2.05, 4.69) is 41.3 Å². The van der Waals surface area contributed by atoms with E-state index in [0.717, 1.165) is 37.2 Å². The van der Waals surface area contributed by atoms with Crippen LogP contribution in [-0.4, -0.2) is 36.6 Å². The lowest BCUT2D eigenvalue weighted by Crippen LogP contribution is -2.29. The molecule has 0 spiro atoms. The first-order chi connectivity index (χ1) is 8.15. The Morgan fingerprint density at radius 2 is 2.24 bits per heavy atom. The second kappa shape index (κ2) is 5.61. The van der Waals surface area contributed by atoms with Crippen LogP contribution >= 0.6 is 0 Å². The molecule has 1 saturated heterocycles. The van der Waals surface area contributed by atoms with Crippen molar-refractivity contribution < 1.29 is 0 Å². The fraction of sp³-hybridized carbons (Fsp3) is 0.643. The summed E-state index contributed by atoms with van der Waals surface area (Å²) >= 11 is 0. The van der Waals surface area contributed by atoms with E-state index in [-0.39, 0.29) is 0 Å². The zero-order chi connectivity index (χ0) is 12.3. The molecule has 2 rings (SSSR count). The molecule has 0 amide bonds. The van der Waals surface area contributed by atoms with E-state index in [9.17, 15) is 0 Å². The molecule has 3 nitrogen and oxygen atoms in total. The van der Waals surface area contributed by atoms with Crippen LogP contribution in [-0.2, 0) is 6.54 Å². The van der Waals surface area contributed by atoms with Gasteiger partial charge in [0.15, 0.2) is 0 Å². The topological polar surface area (TPSA) is 28.2 Å².